The summed E-state index contributed by atoms with van der Waals surface area (Å²) in [6, 6.07) is 6.93. The van der Waals surface area contributed by atoms with Gasteiger partial charge in [0, 0.05) is 35.6 Å². The van der Waals surface area contributed by atoms with Gasteiger partial charge in [-0.05, 0) is 30.7 Å². The Morgan fingerprint density at radius 2 is 2.30 bits per heavy atom. The molecule has 0 radical (unpaired) electrons. The van der Waals surface area contributed by atoms with Crippen molar-refractivity contribution in [2.45, 2.75) is 12.0 Å². The highest BCUT2D eigenvalue weighted by Crippen LogP contribution is 2.45. The highest BCUT2D eigenvalue weighted by atomic mass is 32.2. The molecule has 2 unspecified atom stereocenters. The van der Waals surface area contributed by atoms with E-state index in [1.54, 1.807) is 12.3 Å². The van der Waals surface area contributed by atoms with Gasteiger partial charge in [0.15, 0.2) is 5.17 Å². The van der Waals surface area contributed by atoms with Gasteiger partial charge in [0.25, 0.3) is 0 Å². The third-order valence-corrected chi connectivity index (χ3v) is 5.55. The van der Waals surface area contributed by atoms with Gasteiger partial charge in [0.2, 0.25) is 0 Å². The maximum Gasteiger partial charge on any atom is 0.154 e. The van der Waals surface area contributed by atoms with Gasteiger partial charge < -0.3 is 10.5 Å². The van der Waals surface area contributed by atoms with Gasteiger partial charge in [-0.2, -0.15) is 5.10 Å². The normalized spacial score (nSPS) is 27.3. The van der Waals surface area contributed by atoms with Crippen molar-refractivity contribution in [2.24, 2.45) is 16.6 Å². The van der Waals surface area contributed by atoms with Crippen molar-refractivity contribution in [1.29, 1.82) is 0 Å². The maximum absolute atomic E-state index is 14.7. The third kappa shape index (κ3) is 2.44. The lowest BCUT2D eigenvalue weighted by Crippen LogP contribution is -2.48. The Hall–Kier alpha value is -1.86. The molecule has 4 rings (SSSR count). The number of rotatable bonds is 2. The zero-order chi connectivity index (χ0) is 15.9. The molecule has 5 nitrogen and oxygen atoms in total. The molecule has 0 bridgehead atoms. The van der Waals surface area contributed by atoms with Crippen LogP contribution in [0.25, 0.3) is 11.3 Å². The number of hydrogen-bond donors (Lipinski definition) is 2. The minimum atomic E-state index is -0.728. The van der Waals surface area contributed by atoms with Gasteiger partial charge in [-0.3, -0.25) is 5.10 Å². The molecule has 0 aliphatic carbocycles. The first-order valence-corrected chi connectivity index (χ1v) is 8.53. The molecule has 3 heterocycles. The van der Waals surface area contributed by atoms with Gasteiger partial charge in [-0.1, -0.05) is 11.8 Å². The minimum Gasteiger partial charge on any atom is -0.379 e. The number of aromatic nitrogens is 2. The smallest absolute Gasteiger partial charge is 0.154 e. The first-order valence-electron chi connectivity index (χ1n) is 7.55. The van der Waals surface area contributed by atoms with Crippen molar-refractivity contribution in [1.82, 2.24) is 10.2 Å². The zero-order valence-corrected chi connectivity index (χ0v) is 13.3. The lowest BCUT2D eigenvalue weighted by Gasteiger charge is -2.43. The maximum atomic E-state index is 14.7. The number of hydrogen-bond acceptors (Lipinski definition) is 5. The van der Waals surface area contributed by atoms with E-state index in [0.29, 0.717) is 23.9 Å². The minimum absolute atomic E-state index is 0.222. The van der Waals surface area contributed by atoms with Gasteiger partial charge in [0.1, 0.15) is 11.4 Å². The summed E-state index contributed by atoms with van der Waals surface area (Å²) in [6.07, 6.45) is 2.54. The van der Waals surface area contributed by atoms with E-state index in [1.807, 2.05) is 12.1 Å². The number of nitrogens with two attached hydrogens (primary N) is 1. The highest BCUT2D eigenvalue weighted by Gasteiger charge is 2.47. The number of benzene rings is 1. The van der Waals surface area contributed by atoms with E-state index in [2.05, 4.69) is 15.2 Å². The predicted molar refractivity (Wildman–Crippen MR) is 88.7 cm³/mol. The van der Waals surface area contributed by atoms with Crippen molar-refractivity contribution >= 4 is 16.9 Å². The van der Waals surface area contributed by atoms with Crippen LogP contribution in [0.4, 0.5) is 4.39 Å². The Kier molecular flexibility index (Phi) is 3.61. The van der Waals surface area contributed by atoms with Crippen LogP contribution in [-0.2, 0) is 10.3 Å². The van der Waals surface area contributed by atoms with E-state index in [9.17, 15) is 4.39 Å². The van der Waals surface area contributed by atoms with Gasteiger partial charge in [0.05, 0.1) is 12.3 Å². The van der Waals surface area contributed by atoms with Crippen molar-refractivity contribution in [2.75, 3.05) is 19.0 Å². The van der Waals surface area contributed by atoms with Crippen molar-refractivity contribution in [3.8, 4) is 11.3 Å². The Morgan fingerprint density at radius 3 is 3.13 bits per heavy atom. The van der Waals surface area contributed by atoms with Gasteiger partial charge >= 0.3 is 0 Å². The number of nitrogens with zero attached hydrogens (tertiary/aromatic N) is 2. The molecule has 2 aliphatic rings. The second-order valence-corrected chi connectivity index (χ2v) is 6.93. The number of H-pyrrole nitrogens is 1. The first kappa shape index (κ1) is 14.7. The fourth-order valence-electron chi connectivity index (χ4n) is 3.37. The van der Waals surface area contributed by atoms with Crippen LogP contribution in [-0.4, -0.2) is 34.3 Å². The number of ether oxygens (including phenoxy) is 1. The lowest BCUT2D eigenvalue weighted by atomic mass is 9.76. The summed E-state index contributed by atoms with van der Waals surface area (Å²) in [5, 5.41) is 7.37. The fraction of sp³-hybridized carbons (Fsp3) is 0.375. The second-order valence-electron chi connectivity index (χ2n) is 5.89. The average molecular weight is 332 g/mol. The Bertz CT molecular complexity index is 749. The first-order chi connectivity index (χ1) is 11.2. The van der Waals surface area contributed by atoms with Crippen molar-refractivity contribution in [3.05, 3.63) is 41.8 Å². The zero-order valence-electron chi connectivity index (χ0n) is 12.5. The molecule has 1 aromatic carbocycles. The molecule has 1 fully saturated rings. The Morgan fingerprint density at radius 1 is 1.39 bits per heavy atom. The lowest BCUT2D eigenvalue weighted by molar-refractivity contribution is 0.00303. The van der Waals surface area contributed by atoms with E-state index < -0.39 is 5.54 Å². The molecule has 1 saturated heterocycles. The van der Waals surface area contributed by atoms with Crippen LogP contribution in [0.5, 0.6) is 0 Å². The van der Waals surface area contributed by atoms with Crippen LogP contribution in [0.2, 0.25) is 0 Å². The molecule has 2 aliphatic heterocycles. The largest absolute Gasteiger partial charge is 0.379 e. The van der Waals surface area contributed by atoms with E-state index in [1.165, 1.54) is 17.8 Å². The summed E-state index contributed by atoms with van der Waals surface area (Å²) in [5.41, 5.74) is 7.52. The fourth-order valence-corrected chi connectivity index (χ4v) is 4.41. The Balaban J connectivity index is 1.87. The number of aliphatic imine (C=N–C) groups is 1. The van der Waals surface area contributed by atoms with Crippen molar-refractivity contribution in [3.63, 3.8) is 0 Å². The van der Waals surface area contributed by atoms with Crippen LogP contribution >= 0.6 is 11.8 Å². The van der Waals surface area contributed by atoms with Crippen LogP contribution in [0.15, 0.2) is 35.5 Å². The van der Waals surface area contributed by atoms with E-state index >= 15 is 0 Å². The molecule has 23 heavy (non-hydrogen) atoms. The number of aromatic amines is 1. The molecule has 3 N–H and O–H groups in total. The standard InChI is InChI=1S/C16H17FN4OS/c17-13-2-1-10(14-3-5-19-21-14)7-12(13)16-9-22-6-4-11(16)8-23-15(18)20-16/h1-3,5,7,11H,4,6,8-9H2,(H2,18,20)(H,19,21). The van der Waals surface area contributed by atoms with Crippen molar-refractivity contribution < 1.29 is 9.13 Å². The summed E-state index contributed by atoms with van der Waals surface area (Å²) in [5.74, 6) is 0.791. The molecule has 0 saturated carbocycles. The van der Waals surface area contributed by atoms with Crippen LogP contribution in [0.3, 0.4) is 0 Å². The molecule has 0 amide bonds. The third-order valence-electron chi connectivity index (χ3n) is 4.59. The van der Waals surface area contributed by atoms with Gasteiger partial charge in [-0.25, -0.2) is 9.38 Å². The summed E-state index contributed by atoms with van der Waals surface area (Å²) in [4.78, 5) is 4.66. The molecule has 1 aromatic heterocycles. The van der Waals surface area contributed by atoms with E-state index in [4.69, 9.17) is 10.5 Å². The summed E-state index contributed by atoms with van der Waals surface area (Å²) < 4.78 is 20.4. The van der Waals surface area contributed by atoms with Crippen LogP contribution in [0, 0.1) is 11.7 Å². The highest BCUT2D eigenvalue weighted by molar-refractivity contribution is 8.13. The van der Waals surface area contributed by atoms with Crippen LogP contribution < -0.4 is 5.73 Å². The number of thioether (sulfide) groups is 1. The SMILES string of the molecule is NC1=NC2(c3cc(-c4ccn[nH]4)ccc3F)COCCC2CS1. The summed E-state index contributed by atoms with van der Waals surface area (Å²) in [7, 11) is 0. The molecule has 0 spiro atoms. The number of amidine groups is 1. The molecule has 7 heteroatoms. The molecule has 2 aromatic rings. The van der Waals surface area contributed by atoms with E-state index in [0.717, 1.165) is 23.4 Å². The molecular weight excluding hydrogens is 315 g/mol. The average Bonchev–Trinajstić information content (AvgIpc) is 3.09. The summed E-state index contributed by atoms with van der Waals surface area (Å²) >= 11 is 1.54. The molecular formula is C16H17FN4OS. The predicted octanol–water partition coefficient (Wildman–Crippen LogP) is 2.51. The number of nitrogens with one attached hydrogen (secondary N) is 1. The van der Waals surface area contributed by atoms with Crippen LogP contribution in [0.1, 0.15) is 12.0 Å². The number of halogens is 1. The molecule has 2 atom stereocenters. The number of fused-ring (bicyclic) bond motifs is 1. The molecule has 120 valence electrons. The van der Waals surface area contributed by atoms with E-state index in [-0.39, 0.29) is 11.7 Å². The quantitative estimate of drug-likeness (QED) is 0.886. The Labute approximate surface area is 137 Å². The second kappa shape index (κ2) is 5.65. The topological polar surface area (TPSA) is 76.3 Å². The monoisotopic (exact) mass is 332 g/mol. The summed E-state index contributed by atoms with van der Waals surface area (Å²) in [6.45, 7) is 1.05. The van der Waals surface area contributed by atoms with Gasteiger partial charge in [-0.15, -0.1) is 0 Å².